The fourth-order valence-corrected chi connectivity index (χ4v) is 4.97. The number of hydrogen-bond donors (Lipinski definition) is 2. The molecule has 0 saturated carbocycles. The van der Waals surface area contributed by atoms with Gasteiger partial charge in [-0.05, 0) is 41.8 Å². The van der Waals surface area contributed by atoms with E-state index in [0.29, 0.717) is 21.9 Å². The van der Waals surface area contributed by atoms with Crippen LogP contribution in [0.5, 0.6) is 0 Å². The van der Waals surface area contributed by atoms with Gasteiger partial charge < -0.3 is 5.32 Å². The second-order valence-electron chi connectivity index (χ2n) is 5.97. The summed E-state index contributed by atoms with van der Waals surface area (Å²) in [5.74, 6) is 0.203. The average Bonchev–Trinajstić information content (AvgIpc) is 3.45. The summed E-state index contributed by atoms with van der Waals surface area (Å²) in [5, 5.41) is 16.1. The summed E-state index contributed by atoms with van der Waals surface area (Å²) >= 11 is 4.60. The highest BCUT2D eigenvalue weighted by Gasteiger charge is 2.13. The van der Waals surface area contributed by atoms with Gasteiger partial charge in [0, 0.05) is 34.3 Å². The number of carbonyl (C=O) groups excluding carboxylic acids is 2. The summed E-state index contributed by atoms with van der Waals surface area (Å²) in [6, 6.07) is 14.1. The maximum atomic E-state index is 12.6. The predicted octanol–water partition coefficient (Wildman–Crippen LogP) is 4.79. The normalized spacial score (nSPS) is 10.5. The summed E-state index contributed by atoms with van der Waals surface area (Å²) in [6.45, 7) is 0. The number of nitrogens with one attached hydrogen (secondary N) is 2. The van der Waals surface area contributed by atoms with Gasteiger partial charge in [-0.3, -0.25) is 19.9 Å². The molecule has 30 heavy (non-hydrogen) atoms. The molecule has 0 aliphatic heterocycles. The molecule has 0 aliphatic rings. The minimum absolute atomic E-state index is 0.294. The van der Waals surface area contributed by atoms with Gasteiger partial charge in [0.1, 0.15) is 0 Å². The molecule has 0 aliphatic carbocycles. The molecule has 3 aromatic heterocycles. The molecule has 0 unspecified atom stereocenters. The van der Waals surface area contributed by atoms with Gasteiger partial charge in [0.05, 0.1) is 5.56 Å². The maximum absolute atomic E-state index is 12.6. The van der Waals surface area contributed by atoms with Crippen LogP contribution in [-0.2, 0) is 5.75 Å². The SMILES string of the molecule is O=C(Nc1cccc(C(=O)Nc2nnc(SCc3cccs3)s2)c1)c1cccnc1. The zero-order valence-electron chi connectivity index (χ0n) is 15.4. The van der Waals surface area contributed by atoms with Crippen LogP contribution in [0, 0.1) is 0 Å². The second kappa shape index (κ2) is 9.61. The Morgan fingerprint density at radius 2 is 1.83 bits per heavy atom. The van der Waals surface area contributed by atoms with E-state index in [-0.39, 0.29) is 11.8 Å². The number of aromatic nitrogens is 3. The minimum atomic E-state index is -0.321. The largest absolute Gasteiger partial charge is 0.322 e. The molecule has 150 valence electrons. The van der Waals surface area contributed by atoms with Crippen molar-refractivity contribution in [3.63, 3.8) is 0 Å². The van der Waals surface area contributed by atoms with Crippen molar-refractivity contribution in [3.05, 3.63) is 82.3 Å². The van der Waals surface area contributed by atoms with Crippen LogP contribution in [0.15, 0.2) is 70.6 Å². The van der Waals surface area contributed by atoms with Crippen LogP contribution in [0.3, 0.4) is 0 Å². The third-order valence-corrected chi connectivity index (χ3v) is 6.93. The van der Waals surface area contributed by atoms with E-state index in [1.807, 2.05) is 11.4 Å². The summed E-state index contributed by atoms with van der Waals surface area (Å²) in [7, 11) is 0. The maximum Gasteiger partial charge on any atom is 0.257 e. The van der Waals surface area contributed by atoms with Crippen LogP contribution >= 0.6 is 34.4 Å². The summed E-state index contributed by atoms with van der Waals surface area (Å²) < 4.78 is 0.788. The fourth-order valence-electron chi connectivity index (χ4n) is 2.45. The van der Waals surface area contributed by atoms with E-state index in [4.69, 9.17) is 0 Å². The third kappa shape index (κ3) is 5.29. The molecule has 1 aromatic carbocycles. The molecule has 10 heteroatoms. The Kier molecular flexibility index (Phi) is 6.47. The van der Waals surface area contributed by atoms with Crippen molar-refractivity contribution in [1.29, 1.82) is 0 Å². The molecule has 0 spiro atoms. The number of nitrogens with zero attached hydrogens (tertiary/aromatic N) is 3. The quantitative estimate of drug-likeness (QED) is 0.308. The smallest absolute Gasteiger partial charge is 0.257 e. The molecule has 3 heterocycles. The highest BCUT2D eigenvalue weighted by Crippen LogP contribution is 2.29. The lowest BCUT2D eigenvalue weighted by Gasteiger charge is -2.07. The molecular formula is C20H15N5O2S3. The van der Waals surface area contributed by atoms with Crippen molar-refractivity contribution < 1.29 is 9.59 Å². The highest BCUT2D eigenvalue weighted by atomic mass is 32.2. The fraction of sp³-hybridized carbons (Fsp3) is 0.0500. The van der Waals surface area contributed by atoms with Crippen LogP contribution in [0.25, 0.3) is 0 Å². The number of pyridine rings is 1. The molecule has 0 atom stereocenters. The first kappa shape index (κ1) is 20.2. The van der Waals surface area contributed by atoms with E-state index in [1.54, 1.807) is 65.7 Å². The molecule has 0 fully saturated rings. The Morgan fingerprint density at radius 1 is 0.967 bits per heavy atom. The number of thiophene rings is 1. The van der Waals surface area contributed by atoms with Gasteiger partial charge in [-0.15, -0.1) is 21.5 Å². The highest BCUT2D eigenvalue weighted by molar-refractivity contribution is 8.00. The van der Waals surface area contributed by atoms with Crippen molar-refractivity contribution in [3.8, 4) is 0 Å². The van der Waals surface area contributed by atoms with Crippen LogP contribution < -0.4 is 10.6 Å². The predicted molar refractivity (Wildman–Crippen MR) is 120 cm³/mol. The van der Waals surface area contributed by atoms with Gasteiger partial charge >= 0.3 is 0 Å². The lowest BCUT2D eigenvalue weighted by atomic mass is 10.2. The van der Waals surface area contributed by atoms with Crippen LogP contribution in [-0.4, -0.2) is 27.0 Å². The monoisotopic (exact) mass is 453 g/mol. The topological polar surface area (TPSA) is 96.9 Å². The zero-order valence-corrected chi connectivity index (χ0v) is 17.9. The second-order valence-corrected chi connectivity index (χ2v) is 9.20. The first-order valence-corrected chi connectivity index (χ1v) is 11.5. The molecule has 0 radical (unpaired) electrons. The molecule has 2 amide bonds. The van der Waals surface area contributed by atoms with E-state index in [1.165, 1.54) is 22.4 Å². The number of amides is 2. The van der Waals surface area contributed by atoms with E-state index in [2.05, 4.69) is 31.9 Å². The summed E-state index contributed by atoms with van der Waals surface area (Å²) in [6.07, 6.45) is 3.08. The number of benzene rings is 1. The molecule has 4 rings (SSSR count). The van der Waals surface area contributed by atoms with E-state index < -0.39 is 0 Å². The minimum Gasteiger partial charge on any atom is -0.322 e. The summed E-state index contributed by atoms with van der Waals surface area (Å²) in [4.78, 5) is 30.0. The Hall–Kier alpha value is -3.08. The van der Waals surface area contributed by atoms with Gasteiger partial charge in [0.2, 0.25) is 5.13 Å². The lowest BCUT2D eigenvalue weighted by molar-refractivity contribution is 0.101. The molecular weight excluding hydrogens is 438 g/mol. The van der Waals surface area contributed by atoms with Gasteiger partial charge in [0.15, 0.2) is 4.34 Å². The molecule has 0 bridgehead atoms. The molecule has 0 saturated heterocycles. The molecule has 4 aromatic rings. The standard InChI is InChI=1S/C20H15N5O2S3/c26-17(23-19-24-25-20(30-19)29-12-16-7-3-9-28-16)13-4-1-6-15(10-13)22-18(27)14-5-2-8-21-11-14/h1-11H,12H2,(H,22,27)(H,23,24,26). The van der Waals surface area contributed by atoms with Crippen molar-refractivity contribution in [1.82, 2.24) is 15.2 Å². The van der Waals surface area contributed by atoms with Gasteiger partial charge in [-0.1, -0.05) is 35.2 Å². The van der Waals surface area contributed by atoms with E-state index in [9.17, 15) is 9.59 Å². The van der Waals surface area contributed by atoms with Gasteiger partial charge in [0.25, 0.3) is 11.8 Å². The number of thioether (sulfide) groups is 1. The Bertz CT molecular complexity index is 1150. The van der Waals surface area contributed by atoms with Crippen molar-refractivity contribution in [2.24, 2.45) is 0 Å². The van der Waals surface area contributed by atoms with Gasteiger partial charge in [-0.2, -0.15) is 0 Å². The lowest BCUT2D eigenvalue weighted by Crippen LogP contribution is -2.14. The van der Waals surface area contributed by atoms with Crippen molar-refractivity contribution >= 4 is 57.1 Å². The zero-order chi connectivity index (χ0) is 20.8. The number of hydrogen-bond acceptors (Lipinski definition) is 8. The van der Waals surface area contributed by atoms with Gasteiger partial charge in [-0.25, -0.2) is 0 Å². The Morgan fingerprint density at radius 3 is 2.63 bits per heavy atom. The van der Waals surface area contributed by atoms with Crippen molar-refractivity contribution in [2.45, 2.75) is 10.1 Å². The van der Waals surface area contributed by atoms with Crippen molar-refractivity contribution in [2.75, 3.05) is 10.6 Å². The number of anilines is 2. The number of rotatable bonds is 7. The van der Waals surface area contributed by atoms with Crippen LogP contribution in [0.1, 0.15) is 25.6 Å². The van der Waals surface area contributed by atoms with E-state index in [0.717, 1.165) is 10.1 Å². The average molecular weight is 454 g/mol. The first-order chi connectivity index (χ1) is 14.7. The molecule has 7 nitrogen and oxygen atoms in total. The van der Waals surface area contributed by atoms with E-state index >= 15 is 0 Å². The Balaban J connectivity index is 1.37. The number of carbonyl (C=O) groups is 2. The molecule has 2 N–H and O–H groups in total. The third-order valence-electron chi connectivity index (χ3n) is 3.85. The Labute approximate surface area is 184 Å². The van der Waals surface area contributed by atoms with Crippen LogP contribution in [0.4, 0.5) is 10.8 Å². The summed E-state index contributed by atoms with van der Waals surface area (Å²) in [5.41, 5.74) is 1.36. The van der Waals surface area contributed by atoms with Crippen LogP contribution in [0.2, 0.25) is 0 Å². The first-order valence-electron chi connectivity index (χ1n) is 8.79.